The van der Waals surface area contributed by atoms with E-state index in [4.69, 9.17) is 9.73 Å². The van der Waals surface area contributed by atoms with Crippen LogP contribution in [0, 0.1) is 0 Å². The molecule has 0 atom stereocenters. The Kier molecular flexibility index (Phi) is 7.38. The van der Waals surface area contributed by atoms with Gasteiger partial charge in [0, 0.05) is 31.6 Å². The van der Waals surface area contributed by atoms with Gasteiger partial charge in [-0.2, -0.15) is 0 Å². The summed E-state index contributed by atoms with van der Waals surface area (Å²) in [5.41, 5.74) is 6.24. The zero-order valence-electron chi connectivity index (χ0n) is 18.9. The number of ether oxygens (including phenoxy) is 1. The second-order valence-corrected chi connectivity index (χ2v) is 9.25. The maximum absolute atomic E-state index is 5.52. The third kappa shape index (κ3) is 5.53. The van der Waals surface area contributed by atoms with Crippen LogP contribution in [0.1, 0.15) is 37.8 Å². The van der Waals surface area contributed by atoms with Gasteiger partial charge in [0.15, 0.2) is 4.80 Å². The lowest BCUT2D eigenvalue weighted by Gasteiger charge is -2.26. The maximum atomic E-state index is 5.52. The van der Waals surface area contributed by atoms with Crippen molar-refractivity contribution in [3.63, 3.8) is 0 Å². The van der Waals surface area contributed by atoms with Crippen LogP contribution in [0.2, 0.25) is 0 Å². The number of thiazole rings is 1. The second-order valence-electron chi connectivity index (χ2n) is 8.42. The first kappa shape index (κ1) is 22.0. The van der Waals surface area contributed by atoms with Crippen LogP contribution in [0.5, 0.6) is 0 Å². The van der Waals surface area contributed by atoms with Gasteiger partial charge in [-0.15, -0.1) is 11.3 Å². The quantitative estimate of drug-likeness (QED) is 0.493. The van der Waals surface area contributed by atoms with Crippen LogP contribution < -0.4 is 4.80 Å². The Hall–Kier alpha value is -2.21. The second kappa shape index (κ2) is 10.4. The molecule has 0 saturated carbocycles. The molecule has 1 fully saturated rings. The van der Waals surface area contributed by atoms with Crippen LogP contribution in [0.25, 0.3) is 11.3 Å². The van der Waals surface area contributed by atoms with Crippen LogP contribution in [-0.2, 0) is 17.7 Å². The van der Waals surface area contributed by atoms with Crippen molar-refractivity contribution in [2.24, 2.45) is 4.99 Å². The van der Waals surface area contributed by atoms with Crippen molar-refractivity contribution in [1.82, 2.24) is 9.47 Å². The van der Waals surface area contributed by atoms with Gasteiger partial charge in [0.2, 0.25) is 0 Å². The molecular weight excluding hydrogens is 402 g/mol. The summed E-state index contributed by atoms with van der Waals surface area (Å²) in [6, 6.07) is 17.6. The lowest BCUT2D eigenvalue weighted by molar-refractivity contribution is 0.0363. The highest BCUT2D eigenvalue weighted by atomic mass is 32.1. The summed E-state index contributed by atoms with van der Waals surface area (Å²) in [6.07, 6.45) is 1.05. The fourth-order valence-corrected chi connectivity index (χ4v) is 4.84. The number of hydrogen-bond donors (Lipinski definition) is 0. The summed E-state index contributed by atoms with van der Waals surface area (Å²) < 4.78 is 7.90. The molecule has 31 heavy (non-hydrogen) atoms. The highest BCUT2D eigenvalue weighted by Crippen LogP contribution is 2.24. The van der Waals surface area contributed by atoms with Crippen molar-refractivity contribution < 1.29 is 4.74 Å². The summed E-state index contributed by atoms with van der Waals surface area (Å²) in [5, 5.41) is 2.25. The van der Waals surface area contributed by atoms with E-state index in [0.717, 1.165) is 56.3 Å². The third-order valence-electron chi connectivity index (χ3n) is 5.98. The Morgan fingerprint density at radius 1 is 0.968 bits per heavy atom. The fraction of sp³-hybridized carbons (Fsp3) is 0.423. The molecule has 0 unspecified atom stereocenters. The van der Waals surface area contributed by atoms with Gasteiger partial charge < -0.3 is 9.30 Å². The van der Waals surface area contributed by atoms with E-state index in [1.807, 2.05) is 0 Å². The van der Waals surface area contributed by atoms with E-state index in [2.05, 4.69) is 84.1 Å². The molecule has 4 nitrogen and oxygen atoms in total. The van der Waals surface area contributed by atoms with Crippen molar-refractivity contribution >= 4 is 17.0 Å². The first-order valence-electron chi connectivity index (χ1n) is 11.4. The van der Waals surface area contributed by atoms with E-state index in [1.54, 1.807) is 11.3 Å². The SMILES string of the molecule is CCc1ccc(N=c2scc(-c3ccc(C(C)C)cc3)n2CCN2CCOCC2)cc1. The number of benzene rings is 2. The van der Waals surface area contributed by atoms with Crippen molar-refractivity contribution in [3.05, 3.63) is 69.8 Å². The number of hydrogen-bond acceptors (Lipinski definition) is 4. The highest BCUT2D eigenvalue weighted by molar-refractivity contribution is 7.07. The molecule has 0 N–H and O–H groups in total. The maximum Gasteiger partial charge on any atom is 0.190 e. The Morgan fingerprint density at radius 2 is 1.68 bits per heavy atom. The van der Waals surface area contributed by atoms with E-state index in [9.17, 15) is 0 Å². The van der Waals surface area contributed by atoms with E-state index in [1.165, 1.54) is 22.4 Å². The predicted molar refractivity (Wildman–Crippen MR) is 130 cm³/mol. The van der Waals surface area contributed by atoms with Crippen LogP contribution >= 0.6 is 11.3 Å². The van der Waals surface area contributed by atoms with E-state index in [-0.39, 0.29) is 0 Å². The smallest absolute Gasteiger partial charge is 0.190 e. The number of aromatic nitrogens is 1. The predicted octanol–water partition coefficient (Wildman–Crippen LogP) is 5.47. The monoisotopic (exact) mass is 435 g/mol. The lowest BCUT2D eigenvalue weighted by Crippen LogP contribution is -2.39. The number of morpholine rings is 1. The molecule has 0 bridgehead atoms. The van der Waals surface area contributed by atoms with Crippen LogP contribution in [0.15, 0.2) is 58.9 Å². The van der Waals surface area contributed by atoms with E-state index < -0.39 is 0 Å². The van der Waals surface area contributed by atoms with Crippen molar-refractivity contribution in [2.75, 3.05) is 32.8 Å². The molecule has 4 rings (SSSR count). The normalized spacial score (nSPS) is 15.7. The summed E-state index contributed by atoms with van der Waals surface area (Å²) in [7, 11) is 0. The lowest BCUT2D eigenvalue weighted by atomic mass is 10.0. The summed E-state index contributed by atoms with van der Waals surface area (Å²) in [6.45, 7) is 12.3. The first-order chi connectivity index (χ1) is 15.1. The van der Waals surface area contributed by atoms with Gasteiger partial charge >= 0.3 is 0 Å². The van der Waals surface area contributed by atoms with Gasteiger partial charge in [0.25, 0.3) is 0 Å². The molecule has 0 aliphatic carbocycles. The molecule has 0 spiro atoms. The molecule has 5 heteroatoms. The largest absolute Gasteiger partial charge is 0.379 e. The van der Waals surface area contributed by atoms with Gasteiger partial charge in [-0.05, 0) is 41.2 Å². The number of aryl methyl sites for hydroxylation is 1. The van der Waals surface area contributed by atoms with E-state index >= 15 is 0 Å². The molecule has 1 aliphatic heterocycles. The van der Waals surface area contributed by atoms with Crippen LogP contribution in [-0.4, -0.2) is 42.3 Å². The minimum Gasteiger partial charge on any atom is -0.379 e. The average Bonchev–Trinajstić information content (AvgIpc) is 3.21. The Balaban J connectivity index is 1.67. The molecule has 1 saturated heterocycles. The molecule has 1 aliphatic rings. The van der Waals surface area contributed by atoms with Gasteiger partial charge in [-0.3, -0.25) is 4.90 Å². The molecule has 2 aromatic carbocycles. The fourth-order valence-electron chi connectivity index (χ4n) is 3.89. The van der Waals surface area contributed by atoms with Gasteiger partial charge in [-0.1, -0.05) is 57.2 Å². The number of nitrogens with zero attached hydrogens (tertiary/aromatic N) is 3. The molecular formula is C26H33N3OS. The molecule has 1 aromatic heterocycles. The highest BCUT2D eigenvalue weighted by Gasteiger charge is 2.13. The standard InChI is InChI=1S/C26H33N3OS/c1-4-21-5-11-24(12-6-21)27-26-29(14-13-28-15-17-30-18-16-28)25(19-31-26)23-9-7-22(8-10-23)20(2)3/h5-12,19-20H,4,13-18H2,1-3H3. The molecule has 164 valence electrons. The molecule has 3 aromatic rings. The Labute approximate surface area is 189 Å². The molecule has 0 amide bonds. The summed E-state index contributed by atoms with van der Waals surface area (Å²) in [4.78, 5) is 8.55. The Morgan fingerprint density at radius 3 is 2.32 bits per heavy atom. The van der Waals surface area contributed by atoms with Crippen molar-refractivity contribution in [2.45, 2.75) is 39.7 Å². The average molecular weight is 436 g/mol. The van der Waals surface area contributed by atoms with E-state index in [0.29, 0.717) is 5.92 Å². The third-order valence-corrected chi connectivity index (χ3v) is 6.85. The van der Waals surface area contributed by atoms with Crippen LogP contribution in [0.4, 0.5) is 5.69 Å². The topological polar surface area (TPSA) is 29.8 Å². The number of rotatable bonds is 7. The summed E-state index contributed by atoms with van der Waals surface area (Å²) in [5.74, 6) is 0.543. The van der Waals surface area contributed by atoms with Gasteiger partial charge in [0.05, 0.1) is 24.6 Å². The van der Waals surface area contributed by atoms with Gasteiger partial charge in [-0.25, -0.2) is 4.99 Å². The summed E-state index contributed by atoms with van der Waals surface area (Å²) >= 11 is 1.73. The molecule has 2 heterocycles. The van der Waals surface area contributed by atoms with Crippen molar-refractivity contribution in [1.29, 1.82) is 0 Å². The molecule has 0 radical (unpaired) electrons. The zero-order chi connectivity index (χ0) is 21.6. The minimum absolute atomic E-state index is 0.543. The zero-order valence-corrected chi connectivity index (χ0v) is 19.7. The first-order valence-corrected chi connectivity index (χ1v) is 12.2. The van der Waals surface area contributed by atoms with Crippen LogP contribution in [0.3, 0.4) is 0 Å². The van der Waals surface area contributed by atoms with Gasteiger partial charge in [0.1, 0.15) is 0 Å². The van der Waals surface area contributed by atoms with Crippen molar-refractivity contribution in [3.8, 4) is 11.3 Å². The minimum atomic E-state index is 0.543. The Bertz CT molecular complexity index is 1030.